The van der Waals surface area contributed by atoms with Crippen LogP contribution in [0.15, 0.2) is 28.7 Å². The standard InChI is InChI=1S/C10H10BrClS/c11-9-5-4-8(10(12)7-9)3-1-2-6-13/h1,3-5,7,13H,2,6H2. The van der Waals surface area contributed by atoms with Crippen LogP contribution in [0.5, 0.6) is 0 Å². The predicted octanol–water partition coefficient (Wildman–Crippen LogP) is 4.44. The third-order valence-electron chi connectivity index (χ3n) is 1.56. The molecule has 0 N–H and O–H groups in total. The Morgan fingerprint density at radius 1 is 1.46 bits per heavy atom. The van der Waals surface area contributed by atoms with Gasteiger partial charge in [-0.2, -0.15) is 12.6 Å². The molecule has 13 heavy (non-hydrogen) atoms. The number of hydrogen-bond acceptors (Lipinski definition) is 1. The second-order valence-corrected chi connectivity index (χ2v) is 4.35. The van der Waals surface area contributed by atoms with Gasteiger partial charge in [-0.3, -0.25) is 0 Å². The van der Waals surface area contributed by atoms with Crippen LogP contribution < -0.4 is 0 Å². The van der Waals surface area contributed by atoms with Gasteiger partial charge in [0, 0.05) is 9.50 Å². The quantitative estimate of drug-likeness (QED) is 0.776. The fourth-order valence-electron chi connectivity index (χ4n) is 0.922. The maximum absolute atomic E-state index is 6.01. The van der Waals surface area contributed by atoms with Crippen molar-refractivity contribution in [3.63, 3.8) is 0 Å². The summed E-state index contributed by atoms with van der Waals surface area (Å²) in [4.78, 5) is 0. The summed E-state index contributed by atoms with van der Waals surface area (Å²) >= 11 is 13.5. The molecule has 1 aromatic carbocycles. The van der Waals surface area contributed by atoms with Gasteiger partial charge in [-0.05, 0) is 29.9 Å². The van der Waals surface area contributed by atoms with E-state index in [-0.39, 0.29) is 0 Å². The molecule has 0 saturated heterocycles. The highest BCUT2D eigenvalue weighted by Gasteiger charge is 1.95. The van der Waals surface area contributed by atoms with Crippen molar-refractivity contribution in [2.24, 2.45) is 0 Å². The van der Waals surface area contributed by atoms with Gasteiger partial charge in [-0.15, -0.1) is 0 Å². The highest BCUT2D eigenvalue weighted by molar-refractivity contribution is 9.10. The molecule has 0 amide bonds. The molecule has 0 heterocycles. The summed E-state index contributed by atoms with van der Waals surface area (Å²) in [5.41, 5.74) is 1.05. The molecule has 0 spiro atoms. The lowest BCUT2D eigenvalue weighted by Crippen LogP contribution is -1.75. The molecule has 70 valence electrons. The van der Waals surface area contributed by atoms with E-state index in [0.717, 1.165) is 27.2 Å². The Hall–Kier alpha value is 0.0800. The van der Waals surface area contributed by atoms with Crippen LogP contribution in [-0.2, 0) is 0 Å². The molecule has 0 unspecified atom stereocenters. The van der Waals surface area contributed by atoms with Crippen LogP contribution in [0, 0.1) is 0 Å². The largest absolute Gasteiger partial charge is 0.179 e. The van der Waals surface area contributed by atoms with Crippen LogP contribution in [-0.4, -0.2) is 5.75 Å². The molecule has 0 aliphatic rings. The smallest absolute Gasteiger partial charge is 0.0489 e. The Morgan fingerprint density at radius 2 is 2.23 bits per heavy atom. The van der Waals surface area contributed by atoms with Crippen molar-refractivity contribution < 1.29 is 0 Å². The third-order valence-corrected chi connectivity index (χ3v) is 2.63. The first-order valence-electron chi connectivity index (χ1n) is 3.96. The summed E-state index contributed by atoms with van der Waals surface area (Å²) < 4.78 is 1.00. The lowest BCUT2D eigenvalue weighted by Gasteiger charge is -1.98. The monoisotopic (exact) mass is 276 g/mol. The van der Waals surface area contributed by atoms with Gasteiger partial charge in [0.15, 0.2) is 0 Å². The molecule has 0 aliphatic heterocycles. The number of thiol groups is 1. The number of allylic oxidation sites excluding steroid dienone is 1. The number of benzene rings is 1. The Balaban J connectivity index is 2.77. The highest BCUT2D eigenvalue weighted by atomic mass is 79.9. The van der Waals surface area contributed by atoms with Gasteiger partial charge in [-0.25, -0.2) is 0 Å². The van der Waals surface area contributed by atoms with Gasteiger partial charge in [0.05, 0.1) is 0 Å². The zero-order valence-corrected chi connectivity index (χ0v) is 10.2. The van der Waals surface area contributed by atoms with E-state index in [0.29, 0.717) is 0 Å². The van der Waals surface area contributed by atoms with Crippen LogP contribution in [0.4, 0.5) is 0 Å². The van der Waals surface area contributed by atoms with Crippen LogP contribution in [0.3, 0.4) is 0 Å². The fraction of sp³-hybridized carbons (Fsp3) is 0.200. The molecular formula is C10H10BrClS. The van der Waals surface area contributed by atoms with Crippen molar-refractivity contribution in [2.45, 2.75) is 6.42 Å². The first-order chi connectivity index (χ1) is 6.24. The van der Waals surface area contributed by atoms with Crippen LogP contribution in [0.2, 0.25) is 5.02 Å². The topological polar surface area (TPSA) is 0 Å². The van der Waals surface area contributed by atoms with Gasteiger partial charge in [0.2, 0.25) is 0 Å². The zero-order chi connectivity index (χ0) is 9.68. The van der Waals surface area contributed by atoms with Crippen LogP contribution in [0.25, 0.3) is 6.08 Å². The van der Waals surface area contributed by atoms with E-state index in [1.54, 1.807) is 0 Å². The lowest BCUT2D eigenvalue weighted by molar-refractivity contribution is 1.26. The molecule has 0 atom stereocenters. The molecule has 1 aromatic rings. The number of rotatable bonds is 3. The van der Waals surface area contributed by atoms with Crippen LogP contribution >= 0.6 is 40.2 Å². The second-order valence-electron chi connectivity index (χ2n) is 2.58. The van der Waals surface area contributed by atoms with Gasteiger partial charge < -0.3 is 0 Å². The van der Waals surface area contributed by atoms with Crippen LogP contribution in [0.1, 0.15) is 12.0 Å². The van der Waals surface area contributed by atoms with Gasteiger partial charge in [0.25, 0.3) is 0 Å². The third kappa shape index (κ3) is 3.75. The summed E-state index contributed by atoms with van der Waals surface area (Å²) in [7, 11) is 0. The Kier molecular flexibility index (Phi) is 4.92. The predicted molar refractivity (Wildman–Crippen MR) is 66.7 cm³/mol. The van der Waals surface area contributed by atoms with E-state index < -0.39 is 0 Å². The van der Waals surface area contributed by atoms with E-state index in [2.05, 4.69) is 34.6 Å². The van der Waals surface area contributed by atoms with Crippen molar-refractivity contribution in [1.82, 2.24) is 0 Å². The van der Waals surface area contributed by atoms with Gasteiger partial charge in [0.1, 0.15) is 0 Å². The number of halogens is 2. The number of hydrogen-bond donors (Lipinski definition) is 1. The SMILES string of the molecule is SCCC=Cc1ccc(Br)cc1Cl. The summed E-state index contributed by atoms with van der Waals surface area (Å²) in [6.07, 6.45) is 5.06. The average Bonchev–Trinajstić information content (AvgIpc) is 2.09. The molecular weight excluding hydrogens is 268 g/mol. The molecule has 0 fully saturated rings. The Bertz CT molecular complexity index is 310. The van der Waals surface area contributed by atoms with E-state index in [1.807, 2.05) is 24.3 Å². The molecule has 0 radical (unpaired) electrons. The molecule has 0 saturated carbocycles. The lowest BCUT2D eigenvalue weighted by atomic mass is 10.2. The molecule has 0 nitrogen and oxygen atoms in total. The maximum Gasteiger partial charge on any atom is 0.0489 e. The second kappa shape index (κ2) is 5.74. The first-order valence-corrected chi connectivity index (χ1v) is 5.77. The molecule has 3 heteroatoms. The van der Waals surface area contributed by atoms with Crippen molar-refractivity contribution in [3.8, 4) is 0 Å². The summed E-state index contributed by atoms with van der Waals surface area (Å²) in [6.45, 7) is 0. The van der Waals surface area contributed by atoms with Crippen molar-refractivity contribution in [1.29, 1.82) is 0 Å². The van der Waals surface area contributed by atoms with Crippen molar-refractivity contribution >= 4 is 46.2 Å². The van der Waals surface area contributed by atoms with Crippen molar-refractivity contribution in [2.75, 3.05) is 5.75 Å². The molecule has 1 rings (SSSR count). The van der Waals surface area contributed by atoms with E-state index >= 15 is 0 Å². The summed E-state index contributed by atoms with van der Waals surface area (Å²) in [5.74, 6) is 0.866. The highest BCUT2D eigenvalue weighted by Crippen LogP contribution is 2.22. The average molecular weight is 278 g/mol. The zero-order valence-electron chi connectivity index (χ0n) is 7.00. The Labute approximate surface area is 97.5 Å². The minimum atomic E-state index is 0.768. The normalized spacial score (nSPS) is 11.0. The van der Waals surface area contributed by atoms with Gasteiger partial charge >= 0.3 is 0 Å². The molecule has 0 aromatic heterocycles. The van der Waals surface area contributed by atoms with E-state index in [1.165, 1.54) is 0 Å². The molecule has 0 bridgehead atoms. The molecule has 0 aliphatic carbocycles. The van der Waals surface area contributed by atoms with Gasteiger partial charge in [-0.1, -0.05) is 45.7 Å². The van der Waals surface area contributed by atoms with E-state index in [4.69, 9.17) is 11.6 Å². The van der Waals surface area contributed by atoms with Crippen molar-refractivity contribution in [3.05, 3.63) is 39.3 Å². The minimum absolute atomic E-state index is 0.768. The van der Waals surface area contributed by atoms with E-state index in [9.17, 15) is 0 Å². The minimum Gasteiger partial charge on any atom is -0.179 e. The maximum atomic E-state index is 6.01. The Morgan fingerprint density at radius 3 is 2.85 bits per heavy atom. The fourth-order valence-corrected chi connectivity index (χ4v) is 1.81. The first kappa shape index (κ1) is 11.2. The summed E-state index contributed by atoms with van der Waals surface area (Å²) in [5, 5.41) is 0.768. The summed E-state index contributed by atoms with van der Waals surface area (Å²) in [6, 6.07) is 5.86.